The van der Waals surface area contributed by atoms with E-state index in [1.165, 1.54) is 4.88 Å². The van der Waals surface area contributed by atoms with Gasteiger partial charge in [0.1, 0.15) is 16.3 Å². The predicted octanol–water partition coefficient (Wildman–Crippen LogP) is 3.05. The monoisotopic (exact) mass is 272 g/mol. The number of thiazole rings is 1. The Balaban J connectivity index is 2.06. The third kappa shape index (κ3) is 2.15. The van der Waals surface area contributed by atoms with Gasteiger partial charge in [0.2, 0.25) is 0 Å². The SMILES string of the molecule is CNC(C)c1sc(-c2cn3ccccc3n2)nc1C. The number of aryl methyl sites for hydroxylation is 1. The van der Waals surface area contributed by atoms with E-state index < -0.39 is 0 Å². The molecule has 0 spiro atoms. The quantitative estimate of drug-likeness (QED) is 0.797. The van der Waals surface area contributed by atoms with Gasteiger partial charge >= 0.3 is 0 Å². The normalized spacial score (nSPS) is 13.0. The van der Waals surface area contributed by atoms with Crippen LogP contribution in [0.3, 0.4) is 0 Å². The Labute approximate surface area is 116 Å². The van der Waals surface area contributed by atoms with Gasteiger partial charge in [-0.25, -0.2) is 9.97 Å². The molecule has 0 amide bonds. The van der Waals surface area contributed by atoms with E-state index in [1.807, 2.05) is 42.0 Å². The van der Waals surface area contributed by atoms with E-state index in [2.05, 4.69) is 29.1 Å². The molecule has 0 radical (unpaired) electrons. The minimum atomic E-state index is 0.322. The van der Waals surface area contributed by atoms with Gasteiger partial charge in [0.05, 0.1) is 5.69 Å². The summed E-state index contributed by atoms with van der Waals surface area (Å²) in [6, 6.07) is 6.32. The van der Waals surface area contributed by atoms with Gasteiger partial charge in [0.25, 0.3) is 0 Å². The van der Waals surface area contributed by atoms with Crippen LogP contribution in [0.5, 0.6) is 0 Å². The van der Waals surface area contributed by atoms with Crippen LogP contribution in [-0.4, -0.2) is 21.4 Å². The zero-order valence-corrected chi connectivity index (χ0v) is 12.0. The third-order valence-corrected chi connectivity index (χ3v) is 4.60. The Morgan fingerprint density at radius 1 is 1.32 bits per heavy atom. The third-order valence-electron chi connectivity index (χ3n) is 3.24. The number of imidazole rings is 1. The molecule has 1 N–H and O–H groups in total. The second kappa shape index (κ2) is 4.75. The fourth-order valence-electron chi connectivity index (χ4n) is 2.09. The zero-order chi connectivity index (χ0) is 13.4. The number of aromatic nitrogens is 3. The van der Waals surface area contributed by atoms with Gasteiger partial charge in [-0.15, -0.1) is 11.3 Å². The van der Waals surface area contributed by atoms with Gasteiger partial charge in [0.15, 0.2) is 0 Å². The smallest absolute Gasteiger partial charge is 0.144 e. The Hall–Kier alpha value is -1.72. The van der Waals surface area contributed by atoms with E-state index >= 15 is 0 Å². The summed E-state index contributed by atoms with van der Waals surface area (Å²) in [5.41, 5.74) is 2.97. The van der Waals surface area contributed by atoms with Crippen molar-refractivity contribution < 1.29 is 0 Å². The summed E-state index contributed by atoms with van der Waals surface area (Å²) in [4.78, 5) is 10.5. The van der Waals surface area contributed by atoms with E-state index in [0.717, 1.165) is 22.0 Å². The highest BCUT2D eigenvalue weighted by Crippen LogP contribution is 2.31. The van der Waals surface area contributed by atoms with E-state index in [1.54, 1.807) is 11.3 Å². The minimum Gasteiger partial charge on any atom is -0.312 e. The molecule has 0 bridgehead atoms. The largest absolute Gasteiger partial charge is 0.312 e. The lowest BCUT2D eigenvalue weighted by Crippen LogP contribution is -2.11. The molecule has 98 valence electrons. The first-order valence-corrected chi connectivity index (χ1v) is 7.09. The van der Waals surface area contributed by atoms with Gasteiger partial charge in [-0.3, -0.25) is 0 Å². The molecule has 3 aromatic heterocycles. The van der Waals surface area contributed by atoms with Crippen LogP contribution in [0.15, 0.2) is 30.6 Å². The van der Waals surface area contributed by atoms with Crippen molar-refractivity contribution >= 4 is 17.0 Å². The molecule has 0 saturated heterocycles. The Morgan fingerprint density at radius 2 is 2.16 bits per heavy atom. The Bertz CT molecular complexity index is 680. The van der Waals surface area contributed by atoms with Crippen molar-refractivity contribution in [1.29, 1.82) is 0 Å². The van der Waals surface area contributed by atoms with Gasteiger partial charge in [-0.2, -0.15) is 0 Å². The first-order chi connectivity index (χ1) is 9.19. The molecule has 19 heavy (non-hydrogen) atoms. The van der Waals surface area contributed by atoms with Crippen LogP contribution in [-0.2, 0) is 0 Å². The van der Waals surface area contributed by atoms with Crippen LogP contribution < -0.4 is 5.32 Å². The molecular formula is C14H16N4S. The van der Waals surface area contributed by atoms with E-state index in [0.29, 0.717) is 6.04 Å². The summed E-state index contributed by atoms with van der Waals surface area (Å²) in [5.74, 6) is 0. The second-order valence-electron chi connectivity index (χ2n) is 4.57. The van der Waals surface area contributed by atoms with Crippen LogP contribution in [0, 0.1) is 6.92 Å². The number of hydrogen-bond donors (Lipinski definition) is 1. The molecule has 5 heteroatoms. The summed E-state index contributed by atoms with van der Waals surface area (Å²) in [6.07, 6.45) is 4.03. The maximum absolute atomic E-state index is 4.65. The molecular weight excluding hydrogens is 256 g/mol. The average Bonchev–Trinajstić information content (AvgIpc) is 3.00. The molecule has 3 rings (SSSR count). The van der Waals surface area contributed by atoms with E-state index in [4.69, 9.17) is 0 Å². The highest BCUT2D eigenvalue weighted by Gasteiger charge is 2.15. The van der Waals surface area contributed by atoms with E-state index in [-0.39, 0.29) is 0 Å². The van der Waals surface area contributed by atoms with Crippen molar-refractivity contribution in [3.8, 4) is 10.7 Å². The molecule has 1 atom stereocenters. The van der Waals surface area contributed by atoms with Crippen LogP contribution in [0.2, 0.25) is 0 Å². The number of nitrogens with zero attached hydrogens (tertiary/aromatic N) is 3. The molecule has 3 heterocycles. The predicted molar refractivity (Wildman–Crippen MR) is 78.5 cm³/mol. The fourth-order valence-corrected chi connectivity index (χ4v) is 3.17. The number of fused-ring (bicyclic) bond motifs is 1. The molecule has 1 unspecified atom stereocenters. The molecule has 4 nitrogen and oxygen atoms in total. The summed E-state index contributed by atoms with van der Waals surface area (Å²) in [5, 5.41) is 4.24. The lowest BCUT2D eigenvalue weighted by molar-refractivity contribution is 0.658. The topological polar surface area (TPSA) is 42.2 Å². The first-order valence-electron chi connectivity index (χ1n) is 6.27. The number of hydrogen-bond acceptors (Lipinski definition) is 4. The maximum Gasteiger partial charge on any atom is 0.144 e. The van der Waals surface area contributed by atoms with Crippen molar-refractivity contribution in [2.45, 2.75) is 19.9 Å². The maximum atomic E-state index is 4.65. The van der Waals surface area contributed by atoms with Crippen LogP contribution in [0.25, 0.3) is 16.3 Å². The number of nitrogens with one attached hydrogen (secondary N) is 1. The van der Waals surface area contributed by atoms with Crippen LogP contribution in [0.1, 0.15) is 23.5 Å². The highest BCUT2D eigenvalue weighted by atomic mass is 32.1. The molecule has 3 aromatic rings. The fraction of sp³-hybridized carbons (Fsp3) is 0.286. The van der Waals surface area contributed by atoms with Crippen molar-refractivity contribution in [3.63, 3.8) is 0 Å². The molecule has 0 aliphatic rings. The lowest BCUT2D eigenvalue weighted by Gasteiger charge is -2.06. The van der Waals surface area contributed by atoms with Crippen molar-refractivity contribution in [2.24, 2.45) is 0 Å². The van der Waals surface area contributed by atoms with Gasteiger partial charge in [-0.05, 0) is 33.0 Å². The Morgan fingerprint density at radius 3 is 2.89 bits per heavy atom. The number of pyridine rings is 1. The Kier molecular flexibility index (Phi) is 3.08. The molecule has 0 aliphatic carbocycles. The van der Waals surface area contributed by atoms with Gasteiger partial charge < -0.3 is 9.72 Å². The van der Waals surface area contributed by atoms with Crippen LogP contribution in [0.4, 0.5) is 0 Å². The van der Waals surface area contributed by atoms with Crippen molar-refractivity contribution in [3.05, 3.63) is 41.2 Å². The summed E-state index contributed by atoms with van der Waals surface area (Å²) < 4.78 is 2.02. The first kappa shape index (κ1) is 12.3. The summed E-state index contributed by atoms with van der Waals surface area (Å²) in [7, 11) is 1.97. The van der Waals surface area contributed by atoms with Crippen molar-refractivity contribution in [1.82, 2.24) is 19.7 Å². The second-order valence-corrected chi connectivity index (χ2v) is 5.60. The summed E-state index contributed by atoms with van der Waals surface area (Å²) in [6.45, 7) is 4.20. The molecule has 0 fully saturated rings. The molecule has 0 aliphatic heterocycles. The lowest BCUT2D eigenvalue weighted by atomic mass is 10.2. The minimum absolute atomic E-state index is 0.322. The standard InChI is InChI=1S/C14H16N4S/c1-9(15-3)13-10(2)16-14(19-13)11-8-18-7-5-4-6-12(18)17-11/h4-9,15H,1-3H3. The highest BCUT2D eigenvalue weighted by molar-refractivity contribution is 7.15. The summed E-state index contributed by atoms with van der Waals surface area (Å²) >= 11 is 1.71. The van der Waals surface area contributed by atoms with E-state index in [9.17, 15) is 0 Å². The van der Waals surface area contributed by atoms with Gasteiger partial charge in [0, 0.05) is 23.3 Å². The molecule has 0 aromatic carbocycles. The average molecular weight is 272 g/mol. The zero-order valence-electron chi connectivity index (χ0n) is 11.2. The van der Waals surface area contributed by atoms with Gasteiger partial charge in [-0.1, -0.05) is 6.07 Å². The number of rotatable bonds is 3. The van der Waals surface area contributed by atoms with Crippen molar-refractivity contribution in [2.75, 3.05) is 7.05 Å². The molecule has 0 saturated carbocycles. The van der Waals surface area contributed by atoms with Crippen LogP contribution >= 0.6 is 11.3 Å².